The van der Waals surface area contributed by atoms with E-state index >= 15 is 0 Å². The number of fused-ring (bicyclic) bond motifs is 1. The van der Waals surface area contributed by atoms with Crippen LogP contribution in [0, 0.1) is 13.8 Å². The topological polar surface area (TPSA) is 36.4 Å². The SMILES string of the molecule is Cc1ccc2c(c1)CCCN2c1ccc(CO)c(C)n1. The van der Waals surface area contributed by atoms with Crippen molar-refractivity contribution in [3.05, 3.63) is 52.7 Å². The molecule has 0 saturated carbocycles. The van der Waals surface area contributed by atoms with Crippen LogP contribution in [0.4, 0.5) is 11.5 Å². The van der Waals surface area contributed by atoms with E-state index in [-0.39, 0.29) is 6.61 Å². The molecule has 1 aromatic carbocycles. The highest BCUT2D eigenvalue weighted by Gasteiger charge is 2.19. The van der Waals surface area contributed by atoms with Gasteiger partial charge in [0, 0.05) is 17.9 Å². The molecule has 1 aliphatic rings. The highest BCUT2D eigenvalue weighted by molar-refractivity contribution is 5.66. The van der Waals surface area contributed by atoms with Crippen LogP contribution in [0.1, 0.15) is 28.8 Å². The molecule has 3 rings (SSSR count). The molecule has 0 spiro atoms. The Bertz CT molecular complexity index is 637. The van der Waals surface area contributed by atoms with Crippen LogP contribution in [0.25, 0.3) is 0 Å². The maximum absolute atomic E-state index is 9.25. The molecule has 3 nitrogen and oxygen atoms in total. The normalized spacial score (nSPS) is 14.2. The molecule has 2 heterocycles. The lowest BCUT2D eigenvalue weighted by atomic mass is 9.99. The second-order valence-corrected chi connectivity index (χ2v) is 5.46. The summed E-state index contributed by atoms with van der Waals surface area (Å²) < 4.78 is 0. The van der Waals surface area contributed by atoms with Gasteiger partial charge in [-0.1, -0.05) is 23.8 Å². The summed E-state index contributed by atoms with van der Waals surface area (Å²) in [7, 11) is 0. The Kier molecular flexibility index (Phi) is 3.45. The van der Waals surface area contributed by atoms with Crippen molar-refractivity contribution in [1.82, 2.24) is 4.98 Å². The van der Waals surface area contributed by atoms with Crippen molar-refractivity contribution in [3.8, 4) is 0 Å². The van der Waals surface area contributed by atoms with Gasteiger partial charge in [0.2, 0.25) is 0 Å². The summed E-state index contributed by atoms with van der Waals surface area (Å²) in [6, 6.07) is 10.6. The summed E-state index contributed by atoms with van der Waals surface area (Å²) in [5.41, 5.74) is 5.79. The van der Waals surface area contributed by atoms with E-state index < -0.39 is 0 Å². The van der Waals surface area contributed by atoms with Crippen molar-refractivity contribution in [3.63, 3.8) is 0 Å². The van der Waals surface area contributed by atoms with Gasteiger partial charge in [-0.15, -0.1) is 0 Å². The van der Waals surface area contributed by atoms with Gasteiger partial charge in [0.25, 0.3) is 0 Å². The first-order chi connectivity index (χ1) is 9.69. The number of aryl methyl sites for hydroxylation is 3. The minimum Gasteiger partial charge on any atom is -0.392 e. The molecule has 0 amide bonds. The third-order valence-corrected chi connectivity index (χ3v) is 3.98. The van der Waals surface area contributed by atoms with E-state index in [1.165, 1.54) is 16.8 Å². The lowest BCUT2D eigenvalue weighted by Gasteiger charge is -2.31. The zero-order valence-electron chi connectivity index (χ0n) is 12.1. The fraction of sp³-hybridized carbons (Fsp3) is 0.353. The second kappa shape index (κ2) is 5.25. The number of benzene rings is 1. The van der Waals surface area contributed by atoms with Gasteiger partial charge in [0.05, 0.1) is 6.61 Å². The zero-order valence-corrected chi connectivity index (χ0v) is 12.1. The van der Waals surface area contributed by atoms with E-state index in [1.54, 1.807) is 0 Å². The molecule has 0 fully saturated rings. The molecule has 1 aromatic heterocycles. The summed E-state index contributed by atoms with van der Waals surface area (Å²) in [4.78, 5) is 6.94. The monoisotopic (exact) mass is 268 g/mol. The minimum atomic E-state index is 0.0505. The third-order valence-electron chi connectivity index (χ3n) is 3.98. The van der Waals surface area contributed by atoms with Crippen molar-refractivity contribution in [2.75, 3.05) is 11.4 Å². The average Bonchev–Trinajstić information content (AvgIpc) is 2.46. The number of hydrogen-bond donors (Lipinski definition) is 1. The molecular formula is C17H20N2O. The number of aliphatic hydroxyl groups excluding tert-OH is 1. The number of pyridine rings is 1. The van der Waals surface area contributed by atoms with Gasteiger partial charge in [0.1, 0.15) is 5.82 Å². The Morgan fingerprint density at radius 2 is 2.05 bits per heavy atom. The number of rotatable bonds is 2. The molecule has 20 heavy (non-hydrogen) atoms. The number of hydrogen-bond acceptors (Lipinski definition) is 3. The highest BCUT2D eigenvalue weighted by atomic mass is 16.3. The summed E-state index contributed by atoms with van der Waals surface area (Å²) in [6.45, 7) is 5.14. The van der Waals surface area contributed by atoms with E-state index in [9.17, 15) is 5.11 Å². The van der Waals surface area contributed by atoms with Crippen LogP contribution in [0.3, 0.4) is 0 Å². The van der Waals surface area contributed by atoms with Crippen molar-refractivity contribution < 1.29 is 5.11 Å². The molecule has 0 atom stereocenters. The fourth-order valence-corrected chi connectivity index (χ4v) is 2.86. The summed E-state index contributed by atoms with van der Waals surface area (Å²) in [6.07, 6.45) is 2.29. The van der Waals surface area contributed by atoms with Crippen LogP contribution in [0.2, 0.25) is 0 Å². The van der Waals surface area contributed by atoms with Gasteiger partial charge >= 0.3 is 0 Å². The van der Waals surface area contributed by atoms with E-state index in [0.717, 1.165) is 36.5 Å². The van der Waals surface area contributed by atoms with Crippen molar-refractivity contribution in [1.29, 1.82) is 0 Å². The molecule has 0 radical (unpaired) electrons. The van der Waals surface area contributed by atoms with Gasteiger partial charge in [-0.2, -0.15) is 0 Å². The Morgan fingerprint density at radius 1 is 1.20 bits per heavy atom. The summed E-state index contributed by atoms with van der Waals surface area (Å²) in [5.74, 6) is 0.976. The molecule has 3 heteroatoms. The standard InChI is InChI=1S/C17H20N2O/c1-12-5-7-16-14(10-12)4-3-9-19(16)17-8-6-15(11-20)13(2)18-17/h5-8,10,20H,3-4,9,11H2,1-2H3. The number of anilines is 2. The summed E-state index contributed by atoms with van der Waals surface area (Å²) >= 11 is 0. The number of aliphatic hydroxyl groups is 1. The average molecular weight is 268 g/mol. The van der Waals surface area contributed by atoms with Crippen LogP contribution < -0.4 is 4.90 Å². The van der Waals surface area contributed by atoms with Crippen LogP contribution >= 0.6 is 0 Å². The van der Waals surface area contributed by atoms with Crippen molar-refractivity contribution >= 4 is 11.5 Å². The van der Waals surface area contributed by atoms with E-state index in [1.807, 2.05) is 19.1 Å². The zero-order chi connectivity index (χ0) is 14.1. The predicted octanol–water partition coefficient (Wildman–Crippen LogP) is 3.28. The largest absolute Gasteiger partial charge is 0.392 e. The smallest absolute Gasteiger partial charge is 0.133 e. The molecule has 0 bridgehead atoms. The van der Waals surface area contributed by atoms with Crippen LogP contribution in [-0.4, -0.2) is 16.6 Å². The Hall–Kier alpha value is -1.87. The second-order valence-electron chi connectivity index (χ2n) is 5.46. The quantitative estimate of drug-likeness (QED) is 0.908. The van der Waals surface area contributed by atoms with E-state index in [2.05, 4.69) is 35.0 Å². The van der Waals surface area contributed by atoms with Crippen molar-refractivity contribution in [2.24, 2.45) is 0 Å². The number of aromatic nitrogens is 1. The first kappa shape index (κ1) is 13.1. The molecule has 1 N–H and O–H groups in total. The molecule has 0 unspecified atom stereocenters. The lowest BCUT2D eigenvalue weighted by Crippen LogP contribution is -2.25. The van der Waals surface area contributed by atoms with Crippen LogP contribution in [0.15, 0.2) is 30.3 Å². The molecule has 1 aliphatic heterocycles. The molecule has 0 aliphatic carbocycles. The lowest BCUT2D eigenvalue weighted by molar-refractivity contribution is 0.280. The van der Waals surface area contributed by atoms with Crippen molar-refractivity contribution in [2.45, 2.75) is 33.3 Å². The minimum absolute atomic E-state index is 0.0505. The van der Waals surface area contributed by atoms with Gasteiger partial charge in [-0.3, -0.25) is 0 Å². The molecular weight excluding hydrogens is 248 g/mol. The Morgan fingerprint density at radius 3 is 2.80 bits per heavy atom. The molecule has 2 aromatic rings. The number of nitrogens with zero attached hydrogens (tertiary/aromatic N) is 2. The Balaban J connectivity index is 2.02. The first-order valence-corrected chi connectivity index (χ1v) is 7.13. The third kappa shape index (κ3) is 2.29. The van der Waals surface area contributed by atoms with Crippen LogP contribution in [-0.2, 0) is 13.0 Å². The molecule has 0 saturated heterocycles. The predicted molar refractivity (Wildman–Crippen MR) is 81.4 cm³/mol. The van der Waals surface area contributed by atoms with Gasteiger partial charge in [-0.05, 0) is 49.9 Å². The molecule has 104 valence electrons. The van der Waals surface area contributed by atoms with E-state index in [0.29, 0.717) is 0 Å². The first-order valence-electron chi connectivity index (χ1n) is 7.13. The highest BCUT2D eigenvalue weighted by Crippen LogP contribution is 2.33. The van der Waals surface area contributed by atoms with Crippen LogP contribution in [0.5, 0.6) is 0 Å². The van der Waals surface area contributed by atoms with Gasteiger partial charge in [0.15, 0.2) is 0 Å². The maximum atomic E-state index is 9.25. The maximum Gasteiger partial charge on any atom is 0.133 e. The van der Waals surface area contributed by atoms with Gasteiger partial charge < -0.3 is 10.0 Å². The van der Waals surface area contributed by atoms with E-state index in [4.69, 9.17) is 0 Å². The Labute approximate surface area is 119 Å². The van der Waals surface area contributed by atoms with Gasteiger partial charge in [-0.25, -0.2) is 4.98 Å². The summed E-state index contributed by atoms with van der Waals surface area (Å²) in [5, 5.41) is 9.25. The fourth-order valence-electron chi connectivity index (χ4n) is 2.86.